The van der Waals surface area contributed by atoms with Crippen molar-refractivity contribution >= 4 is 33.6 Å². The van der Waals surface area contributed by atoms with E-state index >= 15 is 0 Å². The summed E-state index contributed by atoms with van der Waals surface area (Å²) in [5.74, 6) is 0.941. The Labute approximate surface area is 132 Å². The maximum absolute atomic E-state index is 11.8. The molecular weight excluding hydrogens is 334 g/mol. The minimum absolute atomic E-state index is 0.0607. The van der Waals surface area contributed by atoms with Gasteiger partial charge in [-0.2, -0.15) is 0 Å². The number of thioether (sulfide) groups is 1. The molecule has 104 valence electrons. The van der Waals surface area contributed by atoms with E-state index in [0.29, 0.717) is 13.0 Å². The lowest BCUT2D eigenvalue weighted by atomic mass is 10.1. The van der Waals surface area contributed by atoms with Gasteiger partial charge in [0, 0.05) is 21.7 Å². The van der Waals surface area contributed by atoms with E-state index in [4.69, 9.17) is 0 Å². The Morgan fingerprint density at radius 2 is 1.75 bits per heavy atom. The highest BCUT2D eigenvalue weighted by molar-refractivity contribution is 9.10. The van der Waals surface area contributed by atoms with Crippen LogP contribution in [-0.4, -0.2) is 18.2 Å². The second-order valence-electron chi connectivity index (χ2n) is 4.28. The third kappa shape index (κ3) is 5.02. The maximum atomic E-state index is 11.8. The van der Waals surface area contributed by atoms with E-state index in [1.807, 2.05) is 42.5 Å². The summed E-state index contributed by atoms with van der Waals surface area (Å²) in [6.07, 6.45) is 0.414. The molecule has 2 nitrogen and oxygen atoms in total. The Morgan fingerprint density at radius 1 is 1.05 bits per heavy atom. The fourth-order valence-electron chi connectivity index (χ4n) is 1.75. The van der Waals surface area contributed by atoms with Crippen molar-refractivity contribution in [2.75, 3.05) is 12.3 Å². The van der Waals surface area contributed by atoms with Crippen LogP contribution in [0.4, 0.5) is 0 Å². The number of carbonyl (C=O) groups is 1. The summed E-state index contributed by atoms with van der Waals surface area (Å²) in [6, 6.07) is 18.0. The minimum Gasteiger partial charge on any atom is -0.355 e. The predicted octanol–water partition coefficient (Wildman–Crippen LogP) is 3.90. The molecule has 0 heterocycles. The van der Waals surface area contributed by atoms with Crippen molar-refractivity contribution < 1.29 is 4.79 Å². The van der Waals surface area contributed by atoms with Crippen molar-refractivity contribution in [1.29, 1.82) is 0 Å². The summed E-state index contributed by atoms with van der Waals surface area (Å²) in [5, 5.41) is 2.95. The molecule has 0 bridgehead atoms. The monoisotopic (exact) mass is 349 g/mol. The molecule has 1 amide bonds. The van der Waals surface area contributed by atoms with Crippen LogP contribution in [0.5, 0.6) is 0 Å². The van der Waals surface area contributed by atoms with Crippen LogP contribution in [0, 0.1) is 0 Å². The Kier molecular flexibility index (Phi) is 6.15. The van der Waals surface area contributed by atoms with Crippen LogP contribution in [0.25, 0.3) is 0 Å². The second-order valence-corrected chi connectivity index (χ2v) is 6.30. The van der Waals surface area contributed by atoms with Gasteiger partial charge in [-0.3, -0.25) is 4.79 Å². The molecule has 0 saturated heterocycles. The van der Waals surface area contributed by atoms with Crippen molar-refractivity contribution in [1.82, 2.24) is 5.32 Å². The van der Waals surface area contributed by atoms with Gasteiger partial charge in [0.25, 0.3) is 0 Å². The molecule has 0 fully saturated rings. The molecule has 0 aliphatic rings. The van der Waals surface area contributed by atoms with E-state index in [-0.39, 0.29) is 5.91 Å². The van der Waals surface area contributed by atoms with Gasteiger partial charge in [-0.25, -0.2) is 0 Å². The van der Waals surface area contributed by atoms with Crippen molar-refractivity contribution in [2.24, 2.45) is 0 Å². The molecular formula is C16H16BrNOS. The molecule has 0 aliphatic heterocycles. The van der Waals surface area contributed by atoms with Gasteiger partial charge >= 0.3 is 0 Å². The average molecular weight is 350 g/mol. The highest BCUT2D eigenvalue weighted by Crippen LogP contribution is 2.17. The van der Waals surface area contributed by atoms with E-state index in [0.717, 1.165) is 15.8 Å². The number of benzene rings is 2. The molecule has 0 atom stereocenters. The first-order chi connectivity index (χ1) is 9.75. The van der Waals surface area contributed by atoms with E-state index in [1.165, 1.54) is 4.90 Å². The fraction of sp³-hybridized carbons (Fsp3) is 0.188. The number of hydrogen-bond donors (Lipinski definition) is 1. The third-order valence-corrected chi connectivity index (χ3v) is 4.53. The zero-order valence-electron chi connectivity index (χ0n) is 11.0. The molecule has 1 N–H and O–H groups in total. The van der Waals surface area contributed by atoms with Crippen LogP contribution < -0.4 is 5.32 Å². The van der Waals surface area contributed by atoms with E-state index in [1.54, 1.807) is 11.8 Å². The Hall–Kier alpha value is -1.26. The average Bonchev–Trinajstić information content (AvgIpc) is 2.47. The number of carbonyl (C=O) groups excluding carboxylic acids is 1. The standard InChI is InChI=1S/C16H16BrNOS/c17-15-9-5-4-6-13(15)12-16(19)18-10-11-20-14-7-2-1-3-8-14/h1-9H,10-12H2,(H,18,19). The van der Waals surface area contributed by atoms with Crippen molar-refractivity contribution in [3.8, 4) is 0 Å². The zero-order valence-corrected chi connectivity index (χ0v) is 13.4. The first kappa shape index (κ1) is 15.1. The number of halogens is 1. The molecule has 20 heavy (non-hydrogen) atoms. The quantitative estimate of drug-likeness (QED) is 0.632. The lowest BCUT2D eigenvalue weighted by molar-refractivity contribution is -0.120. The molecule has 2 aromatic rings. The minimum atomic E-state index is 0.0607. The number of hydrogen-bond acceptors (Lipinski definition) is 2. The normalized spacial score (nSPS) is 10.2. The van der Waals surface area contributed by atoms with Crippen LogP contribution in [0.15, 0.2) is 64.0 Å². The second kappa shape index (κ2) is 8.12. The molecule has 0 unspecified atom stereocenters. The van der Waals surface area contributed by atoms with Gasteiger partial charge in [0.1, 0.15) is 0 Å². The molecule has 0 aliphatic carbocycles. The van der Waals surface area contributed by atoms with E-state index < -0.39 is 0 Å². The van der Waals surface area contributed by atoms with Gasteiger partial charge in [-0.1, -0.05) is 52.3 Å². The van der Waals surface area contributed by atoms with Gasteiger partial charge in [0.15, 0.2) is 0 Å². The Bertz CT molecular complexity index is 559. The third-order valence-electron chi connectivity index (χ3n) is 2.75. The smallest absolute Gasteiger partial charge is 0.224 e. The summed E-state index contributed by atoms with van der Waals surface area (Å²) in [4.78, 5) is 13.1. The Balaban J connectivity index is 1.69. The molecule has 2 aromatic carbocycles. The van der Waals surface area contributed by atoms with Crippen LogP contribution in [0.1, 0.15) is 5.56 Å². The van der Waals surface area contributed by atoms with Crippen molar-refractivity contribution in [3.63, 3.8) is 0 Å². The van der Waals surface area contributed by atoms with Crippen molar-refractivity contribution in [3.05, 3.63) is 64.6 Å². The molecule has 2 rings (SSSR count). The highest BCUT2D eigenvalue weighted by atomic mass is 79.9. The van der Waals surface area contributed by atoms with Crippen LogP contribution >= 0.6 is 27.7 Å². The summed E-state index contributed by atoms with van der Waals surface area (Å²) >= 11 is 5.20. The van der Waals surface area contributed by atoms with Gasteiger partial charge in [-0.15, -0.1) is 11.8 Å². The largest absolute Gasteiger partial charge is 0.355 e. The Morgan fingerprint density at radius 3 is 2.50 bits per heavy atom. The molecule has 4 heteroatoms. The molecule has 0 aromatic heterocycles. The van der Waals surface area contributed by atoms with Gasteiger partial charge in [0.05, 0.1) is 6.42 Å². The van der Waals surface area contributed by atoms with Crippen LogP contribution in [0.2, 0.25) is 0 Å². The van der Waals surface area contributed by atoms with E-state index in [2.05, 4.69) is 33.4 Å². The fourth-order valence-corrected chi connectivity index (χ4v) is 2.97. The summed E-state index contributed by atoms with van der Waals surface area (Å²) in [6.45, 7) is 0.683. The van der Waals surface area contributed by atoms with Gasteiger partial charge in [0.2, 0.25) is 5.91 Å². The van der Waals surface area contributed by atoms with Crippen LogP contribution in [-0.2, 0) is 11.2 Å². The first-order valence-corrected chi connectivity index (χ1v) is 8.21. The predicted molar refractivity (Wildman–Crippen MR) is 88.0 cm³/mol. The van der Waals surface area contributed by atoms with Gasteiger partial charge < -0.3 is 5.32 Å². The summed E-state index contributed by atoms with van der Waals surface area (Å²) < 4.78 is 0.980. The number of rotatable bonds is 6. The van der Waals surface area contributed by atoms with Gasteiger partial charge in [-0.05, 0) is 23.8 Å². The number of nitrogens with one attached hydrogen (secondary N) is 1. The highest BCUT2D eigenvalue weighted by Gasteiger charge is 2.05. The topological polar surface area (TPSA) is 29.1 Å². The van der Waals surface area contributed by atoms with Crippen LogP contribution in [0.3, 0.4) is 0 Å². The van der Waals surface area contributed by atoms with Crippen molar-refractivity contribution in [2.45, 2.75) is 11.3 Å². The zero-order chi connectivity index (χ0) is 14.2. The first-order valence-electron chi connectivity index (χ1n) is 6.43. The molecule has 0 radical (unpaired) electrons. The summed E-state index contributed by atoms with van der Waals surface area (Å²) in [7, 11) is 0. The lowest BCUT2D eigenvalue weighted by Crippen LogP contribution is -2.27. The molecule has 0 saturated carbocycles. The number of amides is 1. The summed E-state index contributed by atoms with van der Waals surface area (Å²) in [5.41, 5.74) is 1.01. The SMILES string of the molecule is O=C(Cc1ccccc1Br)NCCSc1ccccc1. The molecule has 0 spiro atoms. The lowest BCUT2D eigenvalue weighted by Gasteiger charge is -2.06. The van der Waals surface area contributed by atoms with E-state index in [9.17, 15) is 4.79 Å². The maximum Gasteiger partial charge on any atom is 0.224 e.